The van der Waals surface area contributed by atoms with E-state index in [4.69, 9.17) is 0 Å². The Labute approximate surface area is 81.0 Å². The summed E-state index contributed by atoms with van der Waals surface area (Å²) in [5, 5.41) is 0. The zero-order valence-electron chi connectivity index (χ0n) is 1.99. The fraction of sp³-hybridized carbons (Fsp3) is 0. The summed E-state index contributed by atoms with van der Waals surface area (Å²) in [6, 6.07) is 0. The van der Waals surface area contributed by atoms with Gasteiger partial charge in [0.1, 0.15) is 0 Å². The van der Waals surface area contributed by atoms with E-state index < -0.39 is 0 Å². The van der Waals surface area contributed by atoms with E-state index >= 15 is 0 Å². The Morgan fingerprint density at radius 3 is 1.00 bits per heavy atom. The second-order valence-corrected chi connectivity index (χ2v) is 0. The van der Waals surface area contributed by atoms with Crippen molar-refractivity contribution >= 4 is 27.3 Å². The average molecular weight is 268 g/mol. The van der Waals surface area contributed by atoms with Crippen molar-refractivity contribution in [3.63, 3.8) is 0 Å². The van der Waals surface area contributed by atoms with E-state index in [1.165, 1.54) is 0 Å². The van der Waals surface area contributed by atoms with Crippen molar-refractivity contribution in [1.29, 1.82) is 0 Å². The van der Waals surface area contributed by atoms with Gasteiger partial charge >= 0.3 is 0 Å². The fourth-order valence-corrected chi connectivity index (χ4v) is 0. The van der Waals surface area contributed by atoms with Crippen molar-refractivity contribution in [1.82, 2.24) is 0 Å². The molecule has 0 bridgehead atoms. The normalized spacial score (nSPS) is 0. The first-order valence-corrected chi connectivity index (χ1v) is 0. The van der Waals surface area contributed by atoms with Crippen LogP contribution in [0.3, 0.4) is 0 Å². The van der Waals surface area contributed by atoms with Gasteiger partial charge in [-0.2, -0.15) is 9.90 Å². The van der Waals surface area contributed by atoms with Gasteiger partial charge in [0, 0.05) is 55.1 Å². The Morgan fingerprint density at radius 2 is 1.00 bits per heavy atom. The van der Waals surface area contributed by atoms with Gasteiger partial charge in [-0.15, -0.1) is 0 Å². The van der Waals surface area contributed by atoms with Crippen LogP contribution in [0.25, 0.3) is 0 Å². The molecular formula is H6AlLaPZn. The molecule has 1 atom stereocenters. The summed E-state index contributed by atoms with van der Waals surface area (Å²) in [6.45, 7) is 0. The van der Waals surface area contributed by atoms with E-state index in [2.05, 4.69) is 0 Å². The first-order valence-electron chi connectivity index (χ1n) is 0. The van der Waals surface area contributed by atoms with Crippen molar-refractivity contribution in [2.75, 3.05) is 0 Å². The third-order valence-electron chi connectivity index (χ3n) is 0. The molecule has 1 unspecified atom stereocenters. The fourth-order valence-electron chi connectivity index (χ4n) is 0. The standard InChI is InChI=1S/Al.La.H3P.Zn.3H/h;;1H3;;;;. The molecule has 0 heterocycles. The Kier molecular flexibility index (Phi) is 125. The van der Waals surface area contributed by atoms with E-state index in [1.807, 2.05) is 0 Å². The molecule has 19 valence electrons. The molecule has 0 aliphatic rings. The van der Waals surface area contributed by atoms with Gasteiger partial charge in [0.05, 0.1) is 0 Å². The predicted octanol–water partition coefficient (Wildman–Crippen LogP) is -1.13. The van der Waals surface area contributed by atoms with Crippen LogP contribution in [0.5, 0.6) is 0 Å². The van der Waals surface area contributed by atoms with Crippen molar-refractivity contribution in [2.45, 2.75) is 0 Å². The van der Waals surface area contributed by atoms with Crippen LogP contribution in [0.2, 0.25) is 0 Å². The molecule has 0 N–H and O–H groups in total. The first-order chi connectivity index (χ1) is 0. The molecule has 0 aromatic carbocycles. The van der Waals surface area contributed by atoms with E-state index in [0.717, 1.165) is 0 Å². The molecular weight excluding hydrogens is 262 g/mol. The minimum Gasteiger partial charge on any atom is -0.153 e. The second kappa shape index (κ2) is 17.1. The van der Waals surface area contributed by atoms with Gasteiger partial charge in [0.2, 0.25) is 0 Å². The van der Waals surface area contributed by atoms with Gasteiger partial charge in [-0.25, -0.2) is 0 Å². The van der Waals surface area contributed by atoms with Crippen molar-refractivity contribution in [3.8, 4) is 0 Å². The van der Waals surface area contributed by atoms with E-state index in [1.54, 1.807) is 0 Å². The van der Waals surface area contributed by atoms with Crippen molar-refractivity contribution < 1.29 is 55.1 Å². The molecule has 0 aromatic heterocycles. The molecule has 0 fully saturated rings. The molecule has 0 rings (SSSR count). The maximum Gasteiger partial charge on any atom is 0.187 e. The maximum atomic E-state index is 0. The summed E-state index contributed by atoms with van der Waals surface area (Å²) in [6.07, 6.45) is 0. The van der Waals surface area contributed by atoms with Crippen LogP contribution >= 0.6 is 9.90 Å². The van der Waals surface area contributed by atoms with Gasteiger partial charge < -0.3 is 0 Å². The van der Waals surface area contributed by atoms with Crippen LogP contribution in [0, 0.1) is 35.6 Å². The summed E-state index contributed by atoms with van der Waals surface area (Å²) >= 11 is 0. The molecule has 0 saturated carbocycles. The molecule has 1 radical (unpaired) electrons. The van der Waals surface area contributed by atoms with Gasteiger partial charge in [-0.1, -0.05) is 0 Å². The zero-order valence-corrected chi connectivity index (χ0v) is 10.00. The van der Waals surface area contributed by atoms with Gasteiger partial charge in [0.15, 0.2) is 17.4 Å². The smallest absolute Gasteiger partial charge is 0.153 e. The Morgan fingerprint density at radius 1 is 1.00 bits per heavy atom. The van der Waals surface area contributed by atoms with Crippen molar-refractivity contribution in [3.05, 3.63) is 0 Å². The molecule has 4 heavy (non-hydrogen) atoms. The quantitative estimate of drug-likeness (QED) is 0.385. The molecule has 0 saturated heterocycles. The van der Waals surface area contributed by atoms with E-state index in [0.29, 0.717) is 0 Å². The van der Waals surface area contributed by atoms with Crippen LogP contribution in [0.4, 0.5) is 0 Å². The third kappa shape index (κ3) is 8.84. The predicted molar refractivity (Wildman–Crippen MR) is 21.0 cm³/mol. The minimum atomic E-state index is 0. The summed E-state index contributed by atoms with van der Waals surface area (Å²) in [5.74, 6) is 0. The average Bonchev–Trinajstić information content (AvgIpc) is 0. The SMILES string of the molecule is P.[AlH3].[La].[Zn]. The Bertz CT molecular complexity index is 8.00. The van der Waals surface area contributed by atoms with Gasteiger partial charge in [0.25, 0.3) is 0 Å². The molecule has 0 amide bonds. The summed E-state index contributed by atoms with van der Waals surface area (Å²) in [4.78, 5) is 0. The molecule has 0 aromatic rings. The van der Waals surface area contributed by atoms with Crippen LogP contribution in [0.15, 0.2) is 0 Å². The zero-order chi connectivity index (χ0) is 0. The molecule has 4 heteroatoms. The minimum absolute atomic E-state index is 0. The second-order valence-electron chi connectivity index (χ2n) is 0. The molecule has 0 aliphatic heterocycles. The van der Waals surface area contributed by atoms with Crippen molar-refractivity contribution in [2.24, 2.45) is 0 Å². The summed E-state index contributed by atoms with van der Waals surface area (Å²) < 4.78 is 0. The van der Waals surface area contributed by atoms with Crippen LogP contribution in [-0.2, 0) is 19.5 Å². The number of hydrogen-bond donors (Lipinski definition) is 0. The summed E-state index contributed by atoms with van der Waals surface area (Å²) in [5.41, 5.74) is 0. The Hall–Kier alpha value is 2.78. The molecule has 0 nitrogen and oxygen atoms in total. The van der Waals surface area contributed by atoms with Crippen LogP contribution < -0.4 is 0 Å². The Balaban J connectivity index is 0. The monoisotopic (exact) mass is 267 g/mol. The largest absolute Gasteiger partial charge is 0.187 e. The topological polar surface area (TPSA) is 0 Å². The first kappa shape index (κ1) is 29.3. The maximum absolute atomic E-state index is 0. The van der Waals surface area contributed by atoms with Gasteiger partial charge in [-0.3, -0.25) is 0 Å². The van der Waals surface area contributed by atoms with Crippen LogP contribution in [-0.4, -0.2) is 17.4 Å². The van der Waals surface area contributed by atoms with Gasteiger partial charge in [-0.05, 0) is 0 Å². The number of rotatable bonds is 0. The molecule has 0 spiro atoms. The molecule has 0 aliphatic carbocycles. The van der Waals surface area contributed by atoms with E-state index in [9.17, 15) is 0 Å². The third-order valence-corrected chi connectivity index (χ3v) is 0. The number of hydrogen-bond acceptors (Lipinski definition) is 0. The van der Waals surface area contributed by atoms with Crippen LogP contribution in [0.1, 0.15) is 0 Å². The van der Waals surface area contributed by atoms with E-state index in [-0.39, 0.29) is 82.3 Å². The summed E-state index contributed by atoms with van der Waals surface area (Å²) in [7, 11) is 0.